The maximum absolute atomic E-state index is 12.0. The molecule has 1 fully saturated rings. The van der Waals surface area contributed by atoms with Crippen molar-refractivity contribution in [1.82, 2.24) is 14.7 Å². The highest BCUT2D eigenvalue weighted by Gasteiger charge is 2.27. The lowest BCUT2D eigenvalue weighted by Crippen LogP contribution is -2.40. The Morgan fingerprint density at radius 2 is 2.17 bits per heavy atom. The molecule has 6 nitrogen and oxygen atoms in total. The Morgan fingerprint density at radius 3 is 2.72 bits per heavy atom. The molecule has 2 rings (SSSR count). The molecule has 0 amide bonds. The fourth-order valence-corrected chi connectivity index (χ4v) is 3.08. The van der Waals surface area contributed by atoms with E-state index in [1.54, 1.807) is 6.92 Å². The molecule has 1 aliphatic rings. The van der Waals surface area contributed by atoms with E-state index >= 15 is 0 Å². The van der Waals surface area contributed by atoms with Gasteiger partial charge in [0.25, 0.3) is 0 Å². The third-order valence-electron chi connectivity index (χ3n) is 2.77. The number of rotatable bonds is 4. The molecule has 8 heteroatoms. The van der Waals surface area contributed by atoms with Crippen molar-refractivity contribution >= 4 is 21.6 Å². The molecule has 0 radical (unpaired) electrons. The Bertz CT molecular complexity index is 500. The Balaban J connectivity index is 2.09. The van der Waals surface area contributed by atoms with Gasteiger partial charge in [-0.1, -0.05) is 0 Å². The van der Waals surface area contributed by atoms with Crippen LogP contribution < -0.4 is 4.72 Å². The number of hydrogen-bond acceptors (Lipinski definition) is 5. The average molecular weight is 292 g/mol. The summed E-state index contributed by atoms with van der Waals surface area (Å²) < 4.78 is 32.0. The minimum absolute atomic E-state index is 0.00301. The summed E-state index contributed by atoms with van der Waals surface area (Å²) in [4.78, 5) is 7.31. The van der Waals surface area contributed by atoms with Gasteiger partial charge < -0.3 is 4.74 Å². The maximum Gasteiger partial charge on any atom is 0.243 e. The zero-order valence-corrected chi connectivity index (χ0v) is 11.4. The van der Waals surface area contributed by atoms with Crippen LogP contribution in [0.5, 0.6) is 0 Å². The molecule has 18 heavy (non-hydrogen) atoms. The van der Waals surface area contributed by atoms with E-state index in [9.17, 15) is 8.42 Å². The first-order valence-electron chi connectivity index (χ1n) is 5.60. The monoisotopic (exact) mass is 291 g/mol. The van der Waals surface area contributed by atoms with Crippen LogP contribution in [0.15, 0.2) is 17.3 Å². The van der Waals surface area contributed by atoms with Crippen molar-refractivity contribution in [3.8, 4) is 0 Å². The predicted octanol–water partition coefficient (Wildman–Crippen LogP) is 0.976. The summed E-state index contributed by atoms with van der Waals surface area (Å²) in [6.45, 7) is 2.46. The number of aromatic nitrogens is 2. The standard InChI is InChI=1S/C10H14ClN3O3S/c1-7(9-3-2-4-17-9)14-18(15,16)8-5-12-10(11)13-6-8/h5-7,9,14H,2-4H2,1H3. The topological polar surface area (TPSA) is 81.2 Å². The zero-order valence-electron chi connectivity index (χ0n) is 9.84. The molecule has 100 valence electrons. The summed E-state index contributed by atoms with van der Waals surface area (Å²) in [5.41, 5.74) is 0. The maximum atomic E-state index is 12.0. The molecule has 2 unspecified atom stereocenters. The third kappa shape index (κ3) is 3.17. The first-order valence-corrected chi connectivity index (χ1v) is 7.46. The molecular weight excluding hydrogens is 278 g/mol. The van der Waals surface area contributed by atoms with Crippen molar-refractivity contribution < 1.29 is 13.2 Å². The molecular formula is C10H14ClN3O3S. The van der Waals surface area contributed by atoms with Crippen LogP contribution in [0.25, 0.3) is 0 Å². The van der Waals surface area contributed by atoms with Gasteiger partial charge in [0.1, 0.15) is 4.90 Å². The smallest absolute Gasteiger partial charge is 0.243 e. The normalized spacial score (nSPS) is 22.0. The van der Waals surface area contributed by atoms with E-state index in [1.807, 2.05) is 0 Å². The van der Waals surface area contributed by atoms with Crippen LogP contribution in [-0.4, -0.2) is 37.1 Å². The van der Waals surface area contributed by atoms with Crippen LogP contribution in [0, 0.1) is 0 Å². The van der Waals surface area contributed by atoms with E-state index < -0.39 is 10.0 Å². The molecule has 1 aromatic rings. The van der Waals surface area contributed by atoms with Gasteiger partial charge in [-0.05, 0) is 31.4 Å². The fraction of sp³-hybridized carbons (Fsp3) is 0.600. The van der Waals surface area contributed by atoms with Gasteiger partial charge in [0, 0.05) is 12.6 Å². The SMILES string of the molecule is CC(NS(=O)(=O)c1cnc(Cl)nc1)C1CCCO1. The van der Waals surface area contributed by atoms with E-state index in [-0.39, 0.29) is 22.3 Å². The zero-order chi connectivity index (χ0) is 13.2. The van der Waals surface area contributed by atoms with Gasteiger partial charge in [0.2, 0.25) is 15.3 Å². The summed E-state index contributed by atoms with van der Waals surface area (Å²) in [6.07, 6.45) is 4.11. The van der Waals surface area contributed by atoms with Crippen molar-refractivity contribution in [2.45, 2.75) is 36.8 Å². The van der Waals surface area contributed by atoms with E-state index in [0.717, 1.165) is 12.8 Å². The van der Waals surface area contributed by atoms with Gasteiger partial charge in [-0.2, -0.15) is 0 Å². The molecule has 1 aromatic heterocycles. The average Bonchev–Trinajstić information content (AvgIpc) is 2.82. The second-order valence-electron chi connectivity index (χ2n) is 4.15. The van der Waals surface area contributed by atoms with E-state index in [4.69, 9.17) is 16.3 Å². The van der Waals surface area contributed by atoms with Crippen molar-refractivity contribution in [3.05, 3.63) is 17.7 Å². The molecule has 1 saturated heterocycles. The van der Waals surface area contributed by atoms with Gasteiger partial charge in [-0.25, -0.2) is 23.1 Å². The van der Waals surface area contributed by atoms with Crippen molar-refractivity contribution in [3.63, 3.8) is 0 Å². The second-order valence-corrected chi connectivity index (χ2v) is 6.20. The van der Waals surface area contributed by atoms with Crippen LogP contribution in [0.2, 0.25) is 5.28 Å². The summed E-state index contributed by atoms with van der Waals surface area (Å²) in [6, 6.07) is -0.284. The number of halogens is 1. The molecule has 0 saturated carbocycles. The Morgan fingerprint density at radius 1 is 1.50 bits per heavy atom. The fourth-order valence-electron chi connectivity index (χ4n) is 1.82. The quantitative estimate of drug-likeness (QED) is 0.836. The number of nitrogens with one attached hydrogen (secondary N) is 1. The lowest BCUT2D eigenvalue weighted by molar-refractivity contribution is 0.0902. The molecule has 2 heterocycles. The Labute approximate surface area is 111 Å². The number of nitrogens with zero attached hydrogens (tertiary/aromatic N) is 2. The lowest BCUT2D eigenvalue weighted by Gasteiger charge is -2.19. The van der Waals surface area contributed by atoms with Crippen molar-refractivity contribution in [2.24, 2.45) is 0 Å². The summed E-state index contributed by atoms with van der Waals surface area (Å²) in [5, 5.41) is 0.0149. The highest BCUT2D eigenvalue weighted by atomic mass is 35.5. The minimum atomic E-state index is -3.63. The number of hydrogen-bond donors (Lipinski definition) is 1. The Kier molecular flexibility index (Phi) is 4.16. The van der Waals surface area contributed by atoms with E-state index in [0.29, 0.717) is 6.61 Å². The highest BCUT2D eigenvalue weighted by Crippen LogP contribution is 2.17. The minimum Gasteiger partial charge on any atom is -0.377 e. The van der Waals surface area contributed by atoms with Crippen LogP contribution >= 0.6 is 11.6 Å². The van der Waals surface area contributed by atoms with Gasteiger partial charge in [0.15, 0.2) is 0 Å². The van der Waals surface area contributed by atoms with Gasteiger partial charge in [0.05, 0.1) is 18.5 Å². The predicted molar refractivity (Wildman–Crippen MR) is 65.8 cm³/mol. The molecule has 0 aromatic carbocycles. The third-order valence-corrected chi connectivity index (χ3v) is 4.48. The summed E-state index contributed by atoms with van der Waals surface area (Å²) in [5.74, 6) is 0. The first-order chi connectivity index (χ1) is 8.49. The Hall–Kier alpha value is -0.760. The van der Waals surface area contributed by atoms with E-state index in [2.05, 4.69) is 14.7 Å². The molecule has 1 aliphatic heterocycles. The number of ether oxygens (including phenoxy) is 1. The van der Waals surface area contributed by atoms with Gasteiger partial charge in [-0.3, -0.25) is 0 Å². The molecule has 2 atom stereocenters. The van der Waals surface area contributed by atoms with Crippen LogP contribution in [0.4, 0.5) is 0 Å². The van der Waals surface area contributed by atoms with Crippen molar-refractivity contribution in [1.29, 1.82) is 0 Å². The lowest BCUT2D eigenvalue weighted by atomic mass is 10.1. The largest absolute Gasteiger partial charge is 0.377 e. The molecule has 1 N–H and O–H groups in total. The van der Waals surface area contributed by atoms with Gasteiger partial charge >= 0.3 is 0 Å². The molecule has 0 aliphatic carbocycles. The van der Waals surface area contributed by atoms with Crippen LogP contribution in [0.3, 0.4) is 0 Å². The molecule has 0 spiro atoms. The van der Waals surface area contributed by atoms with Crippen LogP contribution in [0.1, 0.15) is 19.8 Å². The molecule has 0 bridgehead atoms. The van der Waals surface area contributed by atoms with Crippen LogP contribution in [-0.2, 0) is 14.8 Å². The van der Waals surface area contributed by atoms with Gasteiger partial charge in [-0.15, -0.1) is 0 Å². The second kappa shape index (κ2) is 5.48. The summed E-state index contributed by atoms with van der Waals surface area (Å²) in [7, 11) is -3.63. The first kappa shape index (κ1) is 13.7. The van der Waals surface area contributed by atoms with Crippen molar-refractivity contribution in [2.75, 3.05) is 6.61 Å². The summed E-state index contributed by atoms with van der Waals surface area (Å²) >= 11 is 5.51. The van der Waals surface area contributed by atoms with E-state index in [1.165, 1.54) is 12.4 Å². The highest BCUT2D eigenvalue weighted by molar-refractivity contribution is 7.89. The number of sulfonamides is 1.